The number of imide groups is 1. The van der Waals surface area contributed by atoms with Gasteiger partial charge in [0.25, 0.3) is 5.91 Å². The molecule has 2 aromatic carbocycles. The highest BCUT2D eigenvalue weighted by Crippen LogP contribution is 2.20. The molecular formula is C19H17NO3S. The van der Waals surface area contributed by atoms with Crippen LogP contribution in [0.25, 0.3) is 0 Å². The van der Waals surface area contributed by atoms with Gasteiger partial charge in [0.1, 0.15) is 6.61 Å². The molecule has 0 saturated carbocycles. The maximum atomic E-state index is 12.4. The molecule has 0 N–H and O–H groups in total. The Kier molecular flexibility index (Phi) is 5.33. The normalized spacial score (nSPS) is 17.2. The Bertz CT molecular complexity index is 731. The van der Waals surface area contributed by atoms with Crippen LogP contribution in [-0.4, -0.2) is 29.5 Å². The predicted octanol–water partition coefficient (Wildman–Crippen LogP) is 3.88. The predicted molar refractivity (Wildman–Crippen MR) is 93.6 cm³/mol. The second kappa shape index (κ2) is 7.84. The van der Waals surface area contributed by atoms with Crippen molar-refractivity contribution >= 4 is 23.8 Å². The van der Waals surface area contributed by atoms with Crippen molar-refractivity contribution in [1.82, 2.24) is 4.90 Å². The molecule has 0 radical (unpaired) electrons. The lowest BCUT2D eigenvalue weighted by Crippen LogP contribution is -2.39. The zero-order valence-electron chi connectivity index (χ0n) is 13.0. The van der Waals surface area contributed by atoms with E-state index in [-0.39, 0.29) is 18.6 Å². The van der Waals surface area contributed by atoms with Gasteiger partial charge in [0.2, 0.25) is 0 Å². The van der Waals surface area contributed by atoms with Crippen molar-refractivity contribution in [3.05, 3.63) is 77.7 Å². The van der Waals surface area contributed by atoms with Crippen molar-refractivity contribution in [1.29, 1.82) is 0 Å². The molecule has 0 aromatic heterocycles. The molecule has 0 unspecified atom stereocenters. The van der Waals surface area contributed by atoms with Gasteiger partial charge < -0.3 is 4.74 Å². The zero-order chi connectivity index (χ0) is 16.8. The maximum Gasteiger partial charge on any atom is 0.417 e. The number of carbonyl (C=O) groups excluding carboxylic acids is 2. The highest BCUT2D eigenvalue weighted by atomic mass is 32.2. The number of amides is 2. The van der Waals surface area contributed by atoms with Crippen molar-refractivity contribution in [2.45, 2.75) is 17.4 Å². The van der Waals surface area contributed by atoms with Crippen LogP contribution in [0.5, 0.6) is 0 Å². The lowest BCUT2D eigenvalue weighted by molar-refractivity contribution is -0.124. The number of cyclic esters (lactones) is 1. The molecule has 1 aliphatic rings. The molecule has 4 nitrogen and oxygen atoms in total. The smallest absolute Gasteiger partial charge is 0.417 e. The highest BCUT2D eigenvalue weighted by Gasteiger charge is 2.36. The first-order valence-corrected chi connectivity index (χ1v) is 8.54. The van der Waals surface area contributed by atoms with Gasteiger partial charge in [0.15, 0.2) is 0 Å². The van der Waals surface area contributed by atoms with E-state index in [2.05, 4.69) is 0 Å². The number of rotatable bonds is 5. The second-order valence-electron chi connectivity index (χ2n) is 5.36. The van der Waals surface area contributed by atoms with Crippen LogP contribution in [0.15, 0.2) is 77.0 Å². The number of carbonyl (C=O) groups is 2. The second-order valence-corrected chi connectivity index (χ2v) is 6.34. The highest BCUT2D eigenvalue weighted by molar-refractivity contribution is 8.02. The summed E-state index contributed by atoms with van der Waals surface area (Å²) < 4.78 is 5.06. The van der Waals surface area contributed by atoms with Crippen molar-refractivity contribution in [3.63, 3.8) is 0 Å². The van der Waals surface area contributed by atoms with E-state index in [0.717, 1.165) is 10.5 Å². The van der Waals surface area contributed by atoms with Gasteiger partial charge in [-0.25, -0.2) is 9.69 Å². The molecule has 1 saturated heterocycles. The first-order valence-electron chi connectivity index (χ1n) is 7.66. The van der Waals surface area contributed by atoms with E-state index in [1.165, 1.54) is 22.7 Å². The third-order valence-electron chi connectivity index (χ3n) is 3.67. The molecule has 24 heavy (non-hydrogen) atoms. The molecule has 1 aliphatic heterocycles. The van der Waals surface area contributed by atoms with Gasteiger partial charge in [-0.2, -0.15) is 0 Å². The third-order valence-corrected chi connectivity index (χ3v) is 4.49. The fourth-order valence-corrected chi connectivity index (χ4v) is 3.17. The Morgan fingerprint density at radius 2 is 1.79 bits per heavy atom. The fourth-order valence-electron chi connectivity index (χ4n) is 2.52. The number of thioether (sulfide) groups is 1. The van der Waals surface area contributed by atoms with E-state index in [1.807, 2.05) is 60.7 Å². The first kappa shape index (κ1) is 16.3. The summed E-state index contributed by atoms with van der Waals surface area (Å²) in [6.07, 6.45) is 1.44. The third kappa shape index (κ3) is 4.06. The molecule has 122 valence electrons. The summed E-state index contributed by atoms with van der Waals surface area (Å²) in [6, 6.07) is 19.2. The van der Waals surface area contributed by atoms with E-state index < -0.39 is 6.09 Å². The van der Waals surface area contributed by atoms with Gasteiger partial charge >= 0.3 is 6.09 Å². The maximum absolute atomic E-state index is 12.4. The van der Waals surface area contributed by atoms with Crippen LogP contribution in [0.2, 0.25) is 0 Å². The van der Waals surface area contributed by atoms with Crippen LogP contribution in [0.3, 0.4) is 0 Å². The van der Waals surface area contributed by atoms with Gasteiger partial charge in [-0.15, -0.1) is 0 Å². The van der Waals surface area contributed by atoms with Gasteiger partial charge in [-0.1, -0.05) is 60.3 Å². The Labute approximate surface area is 145 Å². The number of benzene rings is 2. The topological polar surface area (TPSA) is 46.6 Å². The number of hydrogen-bond acceptors (Lipinski definition) is 4. The summed E-state index contributed by atoms with van der Waals surface area (Å²) in [5.74, 6) is -0.345. The molecule has 1 heterocycles. The summed E-state index contributed by atoms with van der Waals surface area (Å²) in [4.78, 5) is 26.5. The largest absolute Gasteiger partial charge is 0.447 e. The van der Waals surface area contributed by atoms with Crippen molar-refractivity contribution in [2.24, 2.45) is 0 Å². The molecule has 0 spiro atoms. The van der Waals surface area contributed by atoms with Crippen LogP contribution in [-0.2, 0) is 16.0 Å². The minimum absolute atomic E-state index is 0.235. The Hall–Kier alpha value is -2.53. The number of ether oxygens (including phenoxy) is 1. The molecule has 5 heteroatoms. The van der Waals surface area contributed by atoms with Gasteiger partial charge in [-0.3, -0.25) is 4.79 Å². The quantitative estimate of drug-likeness (QED) is 0.612. The van der Waals surface area contributed by atoms with Gasteiger partial charge in [0, 0.05) is 11.0 Å². The standard InChI is InChI=1S/C19H17NO3S/c21-18(11-12-24-17-9-5-2-6-10-17)20-16(14-23-19(20)22)13-15-7-3-1-4-8-15/h1-12,16H,13-14H2/b12-11+/t16-/m0/s1. The Balaban J connectivity index is 1.64. The van der Waals surface area contributed by atoms with Crippen LogP contribution in [0.1, 0.15) is 5.56 Å². The van der Waals surface area contributed by atoms with Crippen LogP contribution < -0.4 is 0 Å². The molecular weight excluding hydrogens is 322 g/mol. The zero-order valence-corrected chi connectivity index (χ0v) is 13.8. The summed E-state index contributed by atoms with van der Waals surface area (Å²) in [5, 5.41) is 1.70. The molecule has 1 atom stereocenters. The first-order chi connectivity index (χ1) is 11.7. The molecule has 0 aliphatic carbocycles. The van der Waals surface area contributed by atoms with Crippen LogP contribution in [0.4, 0.5) is 4.79 Å². The number of hydrogen-bond donors (Lipinski definition) is 0. The summed E-state index contributed by atoms with van der Waals surface area (Å²) in [6.45, 7) is 0.235. The SMILES string of the molecule is O=C(/C=C/Sc1ccccc1)N1C(=O)OC[C@@H]1Cc1ccccc1. The Morgan fingerprint density at radius 1 is 1.12 bits per heavy atom. The average Bonchev–Trinajstić information content (AvgIpc) is 2.97. The molecule has 1 fully saturated rings. The fraction of sp³-hybridized carbons (Fsp3) is 0.158. The van der Waals surface area contributed by atoms with Crippen molar-refractivity contribution in [2.75, 3.05) is 6.61 Å². The molecule has 0 bridgehead atoms. The lowest BCUT2D eigenvalue weighted by atomic mass is 10.1. The van der Waals surface area contributed by atoms with Gasteiger partial charge in [-0.05, 0) is 29.5 Å². The van der Waals surface area contributed by atoms with Gasteiger partial charge in [0.05, 0.1) is 6.04 Å². The minimum Gasteiger partial charge on any atom is -0.447 e. The van der Waals surface area contributed by atoms with E-state index >= 15 is 0 Å². The van der Waals surface area contributed by atoms with E-state index in [4.69, 9.17) is 4.74 Å². The van der Waals surface area contributed by atoms with Crippen LogP contribution in [0, 0.1) is 0 Å². The van der Waals surface area contributed by atoms with Crippen molar-refractivity contribution in [3.8, 4) is 0 Å². The summed E-state index contributed by atoms with van der Waals surface area (Å²) in [5.41, 5.74) is 1.07. The van der Waals surface area contributed by atoms with E-state index in [1.54, 1.807) is 5.41 Å². The molecule has 2 aromatic rings. The number of nitrogens with zero attached hydrogens (tertiary/aromatic N) is 1. The summed E-state index contributed by atoms with van der Waals surface area (Å²) >= 11 is 1.43. The molecule has 3 rings (SSSR count). The van der Waals surface area contributed by atoms with E-state index in [0.29, 0.717) is 6.42 Å². The van der Waals surface area contributed by atoms with E-state index in [9.17, 15) is 9.59 Å². The Morgan fingerprint density at radius 3 is 2.50 bits per heavy atom. The van der Waals surface area contributed by atoms with Crippen LogP contribution >= 0.6 is 11.8 Å². The lowest BCUT2D eigenvalue weighted by Gasteiger charge is -2.17. The van der Waals surface area contributed by atoms with Crippen molar-refractivity contribution < 1.29 is 14.3 Å². The summed E-state index contributed by atoms with van der Waals surface area (Å²) in [7, 11) is 0. The molecule has 2 amide bonds. The average molecular weight is 339 g/mol. The monoisotopic (exact) mass is 339 g/mol. The minimum atomic E-state index is -0.574.